The van der Waals surface area contributed by atoms with E-state index < -0.39 is 17.8 Å². The Morgan fingerprint density at radius 2 is 1.80 bits per heavy atom. The smallest absolute Gasteiger partial charge is 0.330 e. The maximum absolute atomic E-state index is 13.9. The number of aryl methyl sites for hydroxylation is 2. The summed E-state index contributed by atoms with van der Waals surface area (Å²) in [6.45, 7) is 2.34. The lowest BCUT2D eigenvalue weighted by molar-refractivity contribution is -0.137. The number of halogens is 1. The number of carboxylic acids is 1. The van der Waals surface area contributed by atoms with Crippen LogP contribution < -0.4 is 11.4 Å². The number of imidazole rings is 1. The third-order valence-electron chi connectivity index (χ3n) is 6.55. The zero-order valence-corrected chi connectivity index (χ0v) is 19.4. The van der Waals surface area contributed by atoms with Crippen LogP contribution in [-0.4, -0.2) is 24.8 Å². The Balaban J connectivity index is 1.74. The highest BCUT2D eigenvalue weighted by atomic mass is 19.1. The minimum Gasteiger partial charge on any atom is -0.481 e. The number of nitrogens with two attached hydrogens (primary N) is 1. The fourth-order valence-electron chi connectivity index (χ4n) is 4.98. The van der Waals surface area contributed by atoms with Gasteiger partial charge in [-0.05, 0) is 60.0 Å². The van der Waals surface area contributed by atoms with Gasteiger partial charge in [0.25, 0.3) is 0 Å². The van der Waals surface area contributed by atoms with Crippen LogP contribution in [0.25, 0.3) is 21.9 Å². The molecule has 0 aliphatic carbocycles. The quantitative estimate of drug-likeness (QED) is 0.357. The van der Waals surface area contributed by atoms with Crippen molar-refractivity contribution in [3.05, 3.63) is 99.9 Å². The molecular formula is C27H25FN4O3. The Hall–Kier alpha value is -4.33. The molecule has 0 aliphatic rings. The van der Waals surface area contributed by atoms with Crippen LogP contribution >= 0.6 is 0 Å². The fourth-order valence-corrected chi connectivity index (χ4v) is 4.98. The van der Waals surface area contributed by atoms with Gasteiger partial charge in [-0.3, -0.25) is 13.9 Å². The Bertz CT molecular complexity index is 1640. The van der Waals surface area contributed by atoms with Gasteiger partial charge in [-0.15, -0.1) is 0 Å². The van der Waals surface area contributed by atoms with Crippen LogP contribution in [0, 0.1) is 12.7 Å². The molecule has 0 fully saturated rings. The van der Waals surface area contributed by atoms with Crippen molar-refractivity contribution in [2.24, 2.45) is 7.05 Å². The second-order valence-electron chi connectivity index (χ2n) is 8.89. The van der Waals surface area contributed by atoms with Gasteiger partial charge in [-0.1, -0.05) is 24.3 Å². The minimum atomic E-state index is -1.07. The maximum Gasteiger partial charge on any atom is 0.330 e. The monoisotopic (exact) mass is 472 g/mol. The van der Waals surface area contributed by atoms with Crippen LogP contribution in [0.5, 0.6) is 0 Å². The number of nitrogen functional groups attached to an aromatic ring is 1. The molecule has 35 heavy (non-hydrogen) atoms. The first-order valence-electron chi connectivity index (χ1n) is 11.3. The maximum atomic E-state index is 13.9. The molecule has 5 rings (SSSR count). The lowest BCUT2D eigenvalue weighted by atomic mass is 10.0. The molecule has 3 N–H and O–H groups in total. The number of anilines is 1. The first kappa shape index (κ1) is 22.5. The van der Waals surface area contributed by atoms with E-state index in [1.807, 2.05) is 42.9 Å². The van der Waals surface area contributed by atoms with E-state index >= 15 is 0 Å². The third kappa shape index (κ3) is 3.86. The van der Waals surface area contributed by atoms with Crippen molar-refractivity contribution in [1.29, 1.82) is 0 Å². The van der Waals surface area contributed by atoms with Crippen molar-refractivity contribution in [3.63, 3.8) is 0 Å². The molecule has 2 aromatic heterocycles. The number of hydrogen-bond acceptors (Lipinski definition) is 3. The highest BCUT2D eigenvalue weighted by Gasteiger charge is 2.25. The topological polar surface area (TPSA) is 95.2 Å². The number of aliphatic carboxylic acids is 1. The molecule has 7 nitrogen and oxygen atoms in total. The van der Waals surface area contributed by atoms with Gasteiger partial charge >= 0.3 is 11.7 Å². The molecule has 0 radical (unpaired) electrons. The lowest BCUT2D eigenvalue weighted by Gasteiger charge is -2.17. The molecule has 0 saturated carbocycles. The molecule has 3 aromatic carbocycles. The largest absolute Gasteiger partial charge is 0.481 e. The summed E-state index contributed by atoms with van der Waals surface area (Å²) in [4.78, 5) is 25.7. The van der Waals surface area contributed by atoms with E-state index in [0.29, 0.717) is 28.8 Å². The van der Waals surface area contributed by atoms with Crippen molar-refractivity contribution in [1.82, 2.24) is 13.7 Å². The molecule has 2 heterocycles. The van der Waals surface area contributed by atoms with Gasteiger partial charge in [-0.2, -0.15) is 0 Å². The second-order valence-corrected chi connectivity index (χ2v) is 8.89. The van der Waals surface area contributed by atoms with Gasteiger partial charge in [0.2, 0.25) is 0 Å². The number of carbonyl (C=O) groups is 1. The van der Waals surface area contributed by atoms with Crippen molar-refractivity contribution in [2.45, 2.75) is 25.9 Å². The number of nitrogens with zero attached hydrogens (tertiary/aromatic N) is 3. The van der Waals surface area contributed by atoms with E-state index in [9.17, 15) is 19.1 Å². The molecular weight excluding hydrogens is 447 g/mol. The summed E-state index contributed by atoms with van der Waals surface area (Å²) < 4.78 is 18.7. The summed E-state index contributed by atoms with van der Waals surface area (Å²) in [5.74, 6) is -1.51. The standard InChI is InChI=1S/C27H25FN4O3/c1-16-4-3-5-22-26(16)18(14-30(22)2)15-31-21-11-10-20(29)12-24(21)32(27(31)35)23(13-25(33)34)17-6-8-19(28)9-7-17/h3-12,14,23H,13,15,29H2,1-2H3,(H,33,34)/t23-/m1/s1. The number of rotatable bonds is 6. The molecule has 0 bridgehead atoms. The molecule has 5 aromatic rings. The summed E-state index contributed by atoms with van der Waals surface area (Å²) in [6.07, 6.45) is 1.67. The lowest BCUT2D eigenvalue weighted by Crippen LogP contribution is -2.29. The summed E-state index contributed by atoms with van der Waals surface area (Å²) in [5, 5.41) is 10.7. The van der Waals surface area contributed by atoms with Crippen LogP contribution in [0.2, 0.25) is 0 Å². The average Bonchev–Trinajstić information content (AvgIpc) is 3.27. The normalized spacial score (nSPS) is 12.4. The van der Waals surface area contributed by atoms with Crippen molar-refractivity contribution in [3.8, 4) is 0 Å². The second kappa shape index (κ2) is 8.47. The van der Waals surface area contributed by atoms with Gasteiger partial charge in [0.05, 0.1) is 30.0 Å². The van der Waals surface area contributed by atoms with E-state index in [2.05, 4.69) is 0 Å². The number of hydrogen-bond donors (Lipinski definition) is 2. The van der Waals surface area contributed by atoms with E-state index in [0.717, 1.165) is 22.0 Å². The fraction of sp³-hybridized carbons (Fsp3) is 0.185. The van der Waals surface area contributed by atoms with E-state index in [1.54, 1.807) is 22.8 Å². The third-order valence-corrected chi connectivity index (χ3v) is 6.55. The van der Waals surface area contributed by atoms with E-state index in [1.165, 1.54) is 28.8 Å². The molecule has 0 amide bonds. The zero-order valence-electron chi connectivity index (χ0n) is 19.4. The first-order chi connectivity index (χ1) is 16.7. The SMILES string of the molecule is Cc1cccc2c1c(Cn1c(=O)n([C@H](CC(=O)O)c3ccc(F)cc3)c3cc(N)ccc31)cn2C. The Morgan fingerprint density at radius 3 is 2.51 bits per heavy atom. The molecule has 178 valence electrons. The highest BCUT2D eigenvalue weighted by molar-refractivity contribution is 5.87. The molecule has 0 saturated heterocycles. The van der Waals surface area contributed by atoms with E-state index in [4.69, 9.17) is 5.73 Å². The predicted molar refractivity (Wildman–Crippen MR) is 134 cm³/mol. The van der Waals surface area contributed by atoms with Crippen LogP contribution in [-0.2, 0) is 18.4 Å². The Morgan fingerprint density at radius 1 is 1.06 bits per heavy atom. The molecule has 0 unspecified atom stereocenters. The zero-order chi connectivity index (χ0) is 24.9. The van der Waals surface area contributed by atoms with Gasteiger partial charge in [0.1, 0.15) is 5.82 Å². The summed E-state index contributed by atoms with van der Waals surface area (Å²) in [5.41, 5.74) is 11.0. The van der Waals surface area contributed by atoms with E-state index in [-0.39, 0.29) is 12.1 Å². The minimum absolute atomic E-state index is 0.303. The molecule has 0 spiro atoms. The number of benzene rings is 3. The van der Waals surface area contributed by atoms with Crippen molar-refractivity contribution < 1.29 is 14.3 Å². The van der Waals surface area contributed by atoms with Crippen LogP contribution in [0.1, 0.15) is 29.2 Å². The van der Waals surface area contributed by atoms with Gasteiger partial charge in [0.15, 0.2) is 0 Å². The Kier molecular flexibility index (Phi) is 5.43. The molecule has 1 atom stereocenters. The van der Waals surface area contributed by atoms with Gasteiger partial charge in [0, 0.05) is 29.8 Å². The van der Waals surface area contributed by atoms with Crippen molar-refractivity contribution >= 4 is 33.6 Å². The van der Waals surface area contributed by atoms with Gasteiger partial charge < -0.3 is 15.4 Å². The van der Waals surface area contributed by atoms with Crippen LogP contribution in [0.4, 0.5) is 10.1 Å². The molecule has 8 heteroatoms. The predicted octanol–water partition coefficient (Wildman–Crippen LogP) is 4.44. The summed E-state index contributed by atoms with van der Waals surface area (Å²) in [7, 11) is 1.97. The van der Waals surface area contributed by atoms with Crippen molar-refractivity contribution in [2.75, 3.05) is 5.73 Å². The van der Waals surface area contributed by atoms with Crippen LogP contribution in [0.15, 0.2) is 71.7 Å². The number of carboxylic acid groups (broad SMARTS) is 1. The highest BCUT2D eigenvalue weighted by Crippen LogP contribution is 2.29. The summed E-state index contributed by atoms with van der Waals surface area (Å²) >= 11 is 0. The van der Waals surface area contributed by atoms with Crippen LogP contribution in [0.3, 0.4) is 0 Å². The average molecular weight is 473 g/mol. The van der Waals surface area contributed by atoms with Gasteiger partial charge in [-0.25, -0.2) is 9.18 Å². The number of aromatic nitrogens is 3. The Labute approximate surface area is 200 Å². The summed E-state index contributed by atoms with van der Waals surface area (Å²) in [6, 6.07) is 16.0. The number of fused-ring (bicyclic) bond motifs is 2. The first-order valence-corrected chi connectivity index (χ1v) is 11.3. The molecule has 0 aliphatic heterocycles.